The maximum Gasteiger partial charge on any atom is 0.274 e. The van der Waals surface area contributed by atoms with Crippen molar-refractivity contribution in [3.8, 4) is 0 Å². The van der Waals surface area contributed by atoms with Crippen LogP contribution in [0.25, 0.3) is 0 Å². The monoisotopic (exact) mass is 526 g/mol. The number of aryl methyl sites for hydroxylation is 3. The SMILES string of the molecule is CCc1cc(CC)c(S(=O)(=O)N[C@H](c2ccccc2[N+](=O)[O-])[C@H](N)c2ccccc2[N+](=O)[O-])c(CC)c1. The van der Waals surface area contributed by atoms with Crippen molar-refractivity contribution >= 4 is 21.4 Å². The van der Waals surface area contributed by atoms with Crippen LogP contribution in [0.3, 0.4) is 0 Å². The number of nitrogens with zero attached hydrogens (tertiary/aromatic N) is 2. The summed E-state index contributed by atoms with van der Waals surface area (Å²) in [5, 5.41) is 23.5. The Bertz CT molecular complexity index is 1400. The second-order valence-electron chi connectivity index (χ2n) is 8.56. The van der Waals surface area contributed by atoms with Crippen LogP contribution < -0.4 is 10.5 Å². The zero-order chi connectivity index (χ0) is 27.3. The number of rotatable bonds is 11. The molecule has 0 heterocycles. The Morgan fingerprint density at radius 1 is 0.811 bits per heavy atom. The van der Waals surface area contributed by atoms with E-state index in [9.17, 15) is 28.6 Å². The van der Waals surface area contributed by atoms with Gasteiger partial charge in [0.1, 0.15) is 0 Å². The van der Waals surface area contributed by atoms with Gasteiger partial charge in [0.15, 0.2) is 0 Å². The van der Waals surface area contributed by atoms with Crippen LogP contribution in [0.1, 0.15) is 60.7 Å². The topological polar surface area (TPSA) is 158 Å². The van der Waals surface area contributed by atoms with Crippen molar-refractivity contribution in [3.05, 3.63) is 109 Å². The first kappa shape index (κ1) is 27.9. The molecule has 0 unspecified atom stereocenters. The van der Waals surface area contributed by atoms with E-state index in [1.54, 1.807) is 6.07 Å². The van der Waals surface area contributed by atoms with Crippen LogP contribution in [-0.4, -0.2) is 18.3 Å². The first-order valence-electron chi connectivity index (χ1n) is 11.9. The minimum Gasteiger partial charge on any atom is -0.322 e. The Labute approximate surface area is 215 Å². The molecule has 0 saturated heterocycles. The highest BCUT2D eigenvalue weighted by Crippen LogP contribution is 2.38. The molecule has 0 aliphatic heterocycles. The third-order valence-corrected chi connectivity index (χ3v) is 7.97. The van der Waals surface area contributed by atoms with Crippen LogP contribution in [0.2, 0.25) is 0 Å². The third-order valence-electron chi connectivity index (χ3n) is 6.34. The number of para-hydroxylation sites is 2. The normalized spacial score (nSPS) is 13.2. The van der Waals surface area contributed by atoms with E-state index < -0.39 is 32.0 Å². The Hall–Kier alpha value is -3.67. The average molecular weight is 527 g/mol. The zero-order valence-electron chi connectivity index (χ0n) is 20.9. The molecule has 0 amide bonds. The van der Waals surface area contributed by atoms with E-state index in [1.807, 2.05) is 32.9 Å². The summed E-state index contributed by atoms with van der Waals surface area (Å²) in [6.07, 6.45) is 1.63. The molecule has 196 valence electrons. The number of benzene rings is 3. The Balaban J connectivity index is 2.25. The molecule has 11 heteroatoms. The lowest BCUT2D eigenvalue weighted by Gasteiger charge is -2.27. The van der Waals surface area contributed by atoms with E-state index in [4.69, 9.17) is 5.73 Å². The molecule has 2 atom stereocenters. The van der Waals surface area contributed by atoms with Gasteiger partial charge in [0.2, 0.25) is 10.0 Å². The number of nitrogens with two attached hydrogens (primary N) is 1. The van der Waals surface area contributed by atoms with Gasteiger partial charge in [-0.15, -0.1) is 0 Å². The summed E-state index contributed by atoms with van der Waals surface area (Å²) in [6, 6.07) is 12.3. The summed E-state index contributed by atoms with van der Waals surface area (Å²) >= 11 is 0. The van der Waals surface area contributed by atoms with Crippen LogP contribution in [0.4, 0.5) is 11.4 Å². The minimum atomic E-state index is -4.27. The number of nitro groups is 2. The molecule has 0 aliphatic rings. The molecular formula is C26H30N4O6S. The van der Waals surface area contributed by atoms with E-state index in [1.165, 1.54) is 42.5 Å². The van der Waals surface area contributed by atoms with Crippen LogP contribution in [0, 0.1) is 20.2 Å². The maximum atomic E-state index is 13.9. The molecule has 0 saturated carbocycles. The molecule has 3 N–H and O–H groups in total. The van der Waals surface area contributed by atoms with Gasteiger partial charge in [-0.05, 0) is 36.0 Å². The molecule has 37 heavy (non-hydrogen) atoms. The molecule has 0 bridgehead atoms. The molecule has 3 rings (SSSR count). The Morgan fingerprint density at radius 3 is 1.73 bits per heavy atom. The quantitative estimate of drug-likeness (QED) is 0.265. The van der Waals surface area contributed by atoms with Gasteiger partial charge >= 0.3 is 0 Å². The fourth-order valence-electron chi connectivity index (χ4n) is 4.49. The molecule has 0 fully saturated rings. The fraction of sp³-hybridized carbons (Fsp3) is 0.308. The van der Waals surface area contributed by atoms with Gasteiger partial charge in [-0.2, -0.15) is 0 Å². The Kier molecular flexibility index (Phi) is 8.74. The smallest absolute Gasteiger partial charge is 0.274 e. The zero-order valence-corrected chi connectivity index (χ0v) is 21.7. The van der Waals surface area contributed by atoms with Gasteiger partial charge in [-0.3, -0.25) is 20.2 Å². The van der Waals surface area contributed by atoms with Crippen LogP contribution >= 0.6 is 0 Å². The molecule has 0 radical (unpaired) electrons. The van der Waals surface area contributed by atoms with Crippen molar-refractivity contribution in [1.29, 1.82) is 0 Å². The molecule has 3 aromatic rings. The van der Waals surface area contributed by atoms with Crippen LogP contribution in [-0.2, 0) is 29.3 Å². The number of sulfonamides is 1. The lowest BCUT2D eigenvalue weighted by Crippen LogP contribution is -2.37. The third kappa shape index (κ3) is 5.85. The molecular weight excluding hydrogens is 496 g/mol. The molecule has 3 aromatic carbocycles. The van der Waals surface area contributed by atoms with Crippen LogP contribution in [0.15, 0.2) is 65.6 Å². The highest BCUT2D eigenvalue weighted by molar-refractivity contribution is 7.89. The molecule has 0 aliphatic carbocycles. The van der Waals surface area contributed by atoms with E-state index in [0.717, 1.165) is 12.0 Å². The molecule has 0 spiro atoms. The average Bonchev–Trinajstić information content (AvgIpc) is 2.90. The fourth-order valence-corrected chi connectivity index (χ4v) is 6.31. The van der Waals surface area contributed by atoms with Crippen molar-refractivity contribution in [1.82, 2.24) is 4.72 Å². The van der Waals surface area contributed by atoms with Gasteiger partial charge in [0.25, 0.3) is 11.4 Å². The van der Waals surface area contributed by atoms with Crippen molar-refractivity contribution in [2.45, 2.75) is 57.0 Å². The predicted octanol–water partition coefficient (Wildman–Crippen LogP) is 4.91. The number of hydrogen-bond acceptors (Lipinski definition) is 7. The van der Waals surface area contributed by atoms with Crippen LogP contribution in [0.5, 0.6) is 0 Å². The lowest BCUT2D eigenvalue weighted by atomic mass is 9.93. The number of hydrogen-bond donors (Lipinski definition) is 2. The second kappa shape index (κ2) is 11.6. The molecule has 0 aromatic heterocycles. The molecule has 10 nitrogen and oxygen atoms in total. The van der Waals surface area contributed by atoms with E-state index in [0.29, 0.717) is 24.0 Å². The van der Waals surface area contributed by atoms with Gasteiger partial charge in [-0.25, -0.2) is 13.1 Å². The van der Waals surface area contributed by atoms with E-state index in [-0.39, 0.29) is 27.4 Å². The van der Waals surface area contributed by atoms with Gasteiger partial charge in [0, 0.05) is 23.3 Å². The van der Waals surface area contributed by atoms with Crippen molar-refractivity contribution < 1.29 is 18.3 Å². The lowest BCUT2D eigenvalue weighted by molar-refractivity contribution is -0.386. The summed E-state index contributed by atoms with van der Waals surface area (Å²) in [5.74, 6) is 0. The summed E-state index contributed by atoms with van der Waals surface area (Å²) in [7, 11) is -4.27. The predicted molar refractivity (Wildman–Crippen MR) is 141 cm³/mol. The largest absolute Gasteiger partial charge is 0.322 e. The summed E-state index contributed by atoms with van der Waals surface area (Å²) in [6.45, 7) is 5.69. The first-order valence-corrected chi connectivity index (χ1v) is 13.4. The minimum absolute atomic E-state index is 0.00278. The van der Waals surface area contributed by atoms with Crippen molar-refractivity contribution in [3.63, 3.8) is 0 Å². The summed E-state index contributed by atoms with van der Waals surface area (Å²) in [4.78, 5) is 22.4. The highest BCUT2D eigenvalue weighted by Gasteiger charge is 2.36. The summed E-state index contributed by atoms with van der Waals surface area (Å²) < 4.78 is 30.5. The van der Waals surface area contributed by atoms with Gasteiger partial charge < -0.3 is 5.73 Å². The van der Waals surface area contributed by atoms with E-state index in [2.05, 4.69) is 4.72 Å². The standard InChI is InChI=1S/C26H30N4O6S/c1-4-17-15-18(5-2)26(19(6-3)16-17)37(35,36)28-25(21-12-8-10-14-23(21)30(33)34)24(27)20-11-7-9-13-22(20)29(31)32/h7-16,24-25,28H,4-6,27H2,1-3H3/t24-,25-/m1/s1. The van der Waals surface area contributed by atoms with Gasteiger partial charge in [-0.1, -0.05) is 69.3 Å². The second-order valence-corrected chi connectivity index (χ2v) is 10.2. The number of nitrogens with one attached hydrogen (secondary N) is 1. The van der Waals surface area contributed by atoms with Gasteiger partial charge in [0.05, 0.1) is 26.8 Å². The van der Waals surface area contributed by atoms with E-state index >= 15 is 0 Å². The summed E-state index contributed by atoms with van der Waals surface area (Å²) in [5.41, 5.74) is 8.12. The van der Waals surface area contributed by atoms with Crippen molar-refractivity contribution in [2.75, 3.05) is 0 Å². The maximum absolute atomic E-state index is 13.9. The number of nitro benzene ring substituents is 2. The first-order chi connectivity index (χ1) is 17.5. The highest BCUT2D eigenvalue weighted by atomic mass is 32.2. The Morgan fingerprint density at radius 2 is 1.27 bits per heavy atom. The van der Waals surface area contributed by atoms with Crippen molar-refractivity contribution in [2.24, 2.45) is 5.73 Å².